The Labute approximate surface area is 153 Å². The Hall–Kier alpha value is -1.95. The number of hydrogen-bond donors (Lipinski definition) is 1. The summed E-state index contributed by atoms with van der Waals surface area (Å²) in [4.78, 5) is 20.8. The van der Waals surface area contributed by atoms with Gasteiger partial charge in [-0.25, -0.2) is 4.98 Å². The minimum atomic E-state index is -0.0535. The highest BCUT2D eigenvalue weighted by Gasteiger charge is 2.19. The molecule has 5 nitrogen and oxygen atoms in total. The standard InChI is InChI=1S/C19H23ClN4O/c1-15-5-2-3-6-16(15)13-23-9-11-24(12-10-23)14-18(25)22-17-7-4-8-21-19(17)20/h2-8H,9-14H2,1H3,(H,22,25). The Morgan fingerprint density at radius 3 is 2.56 bits per heavy atom. The van der Waals surface area contributed by atoms with E-state index in [4.69, 9.17) is 11.6 Å². The quantitative estimate of drug-likeness (QED) is 0.835. The molecular formula is C19H23ClN4O. The average Bonchev–Trinajstić information content (AvgIpc) is 2.61. The topological polar surface area (TPSA) is 48.5 Å². The first-order valence-corrected chi connectivity index (χ1v) is 8.89. The second-order valence-electron chi connectivity index (χ2n) is 6.37. The number of carbonyl (C=O) groups is 1. The molecule has 0 saturated carbocycles. The average molecular weight is 359 g/mol. The molecule has 1 saturated heterocycles. The number of anilines is 1. The molecule has 25 heavy (non-hydrogen) atoms. The predicted molar refractivity (Wildman–Crippen MR) is 101 cm³/mol. The van der Waals surface area contributed by atoms with Crippen LogP contribution in [0.15, 0.2) is 42.6 Å². The highest BCUT2D eigenvalue weighted by Crippen LogP contribution is 2.17. The SMILES string of the molecule is Cc1ccccc1CN1CCN(CC(=O)Nc2cccnc2Cl)CC1. The van der Waals surface area contributed by atoms with Gasteiger partial charge in [-0.15, -0.1) is 0 Å². The van der Waals surface area contributed by atoms with E-state index >= 15 is 0 Å². The van der Waals surface area contributed by atoms with Crippen molar-refractivity contribution in [2.45, 2.75) is 13.5 Å². The van der Waals surface area contributed by atoms with Crippen molar-refractivity contribution in [3.8, 4) is 0 Å². The molecule has 1 N–H and O–H groups in total. The second-order valence-corrected chi connectivity index (χ2v) is 6.73. The predicted octanol–water partition coefficient (Wildman–Crippen LogP) is 2.80. The van der Waals surface area contributed by atoms with Crippen molar-refractivity contribution in [2.24, 2.45) is 0 Å². The summed E-state index contributed by atoms with van der Waals surface area (Å²) in [7, 11) is 0. The molecule has 0 aliphatic carbocycles. The Morgan fingerprint density at radius 2 is 1.84 bits per heavy atom. The third-order valence-electron chi connectivity index (χ3n) is 4.52. The fourth-order valence-corrected chi connectivity index (χ4v) is 3.17. The summed E-state index contributed by atoms with van der Waals surface area (Å²) >= 11 is 5.97. The molecule has 1 aliphatic rings. The van der Waals surface area contributed by atoms with Crippen LogP contribution in [0.3, 0.4) is 0 Å². The lowest BCUT2D eigenvalue weighted by Crippen LogP contribution is -2.48. The van der Waals surface area contributed by atoms with Crippen molar-refractivity contribution in [3.05, 3.63) is 58.9 Å². The smallest absolute Gasteiger partial charge is 0.238 e. The molecule has 0 unspecified atom stereocenters. The van der Waals surface area contributed by atoms with E-state index in [0.29, 0.717) is 17.4 Å². The van der Waals surface area contributed by atoms with Crippen LogP contribution in [0, 0.1) is 6.92 Å². The summed E-state index contributed by atoms with van der Waals surface area (Å²) < 4.78 is 0. The van der Waals surface area contributed by atoms with E-state index in [1.807, 2.05) is 0 Å². The lowest BCUT2D eigenvalue weighted by atomic mass is 10.1. The van der Waals surface area contributed by atoms with Gasteiger partial charge in [0.2, 0.25) is 5.91 Å². The number of nitrogens with one attached hydrogen (secondary N) is 1. The summed E-state index contributed by atoms with van der Waals surface area (Å²) in [6.45, 7) is 7.21. The van der Waals surface area contributed by atoms with E-state index in [0.717, 1.165) is 32.7 Å². The number of halogens is 1. The van der Waals surface area contributed by atoms with Gasteiger partial charge in [0.25, 0.3) is 0 Å². The van der Waals surface area contributed by atoms with Crippen LogP contribution in [0.2, 0.25) is 5.15 Å². The zero-order valence-corrected chi connectivity index (χ0v) is 15.2. The molecular weight excluding hydrogens is 336 g/mol. The maximum Gasteiger partial charge on any atom is 0.238 e. The van der Waals surface area contributed by atoms with Gasteiger partial charge in [-0.3, -0.25) is 14.6 Å². The largest absolute Gasteiger partial charge is 0.322 e. The van der Waals surface area contributed by atoms with E-state index in [2.05, 4.69) is 51.3 Å². The van der Waals surface area contributed by atoms with Crippen molar-refractivity contribution < 1.29 is 4.79 Å². The van der Waals surface area contributed by atoms with Gasteiger partial charge in [0, 0.05) is 38.9 Å². The van der Waals surface area contributed by atoms with Crippen LogP contribution >= 0.6 is 11.6 Å². The van der Waals surface area contributed by atoms with E-state index in [-0.39, 0.29) is 5.91 Å². The van der Waals surface area contributed by atoms with Gasteiger partial charge < -0.3 is 5.32 Å². The van der Waals surface area contributed by atoms with Crippen molar-refractivity contribution in [2.75, 3.05) is 38.0 Å². The fourth-order valence-electron chi connectivity index (χ4n) is 3.01. The van der Waals surface area contributed by atoms with Crippen molar-refractivity contribution in [1.29, 1.82) is 0 Å². The number of pyridine rings is 1. The maximum absolute atomic E-state index is 12.2. The van der Waals surface area contributed by atoms with Crippen LogP contribution in [0.5, 0.6) is 0 Å². The van der Waals surface area contributed by atoms with Crippen LogP contribution in [-0.2, 0) is 11.3 Å². The molecule has 0 radical (unpaired) electrons. The third-order valence-corrected chi connectivity index (χ3v) is 4.82. The van der Waals surface area contributed by atoms with E-state index in [9.17, 15) is 4.79 Å². The number of aryl methyl sites for hydroxylation is 1. The fraction of sp³-hybridized carbons (Fsp3) is 0.368. The van der Waals surface area contributed by atoms with Gasteiger partial charge in [0.05, 0.1) is 12.2 Å². The molecule has 0 atom stereocenters. The number of benzene rings is 1. The normalized spacial score (nSPS) is 15.9. The van der Waals surface area contributed by atoms with Gasteiger partial charge in [0.1, 0.15) is 0 Å². The molecule has 0 spiro atoms. The molecule has 132 valence electrons. The van der Waals surface area contributed by atoms with Crippen LogP contribution in [0.1, 0.15) is 11.1 Å². The van der Waals surface area contributed by atoms with Gasteiger partial charge >= 0.3 is 0 Å². The zero-order chi connectivity index (χ0) is 17.6. The van der Waals surface area contributed by atoms with Crippen molar-refractivity contribution in [1.82, 2.24) is 14.8 Å². The summed E-state index contributed by atoms with van der Waals surface area (Å²) in [5.74, 6) is -0.0535. The Bertz CT molecular complexity index is 729. The molecule has 0 bridgehead atoms. The minimum Gasteiger partial charge on any atom is -0.322 e. The summed E-state index contributed by atoms with van der Waals surface area (Å²) in [6.07, 6.45) is 1.60. The summed E-state index contributed by atoms with van der Waals surface area (Å²) in [5, 5.41) is 3.15. The molecule has 2 heterocycles. The van der Waals surface area contributed by atoms with Crippen molar-refractivity contribution >= 4 is 23.2 Å². The van der Waals surface area contributed by atoms with Crippen LogP contribution in [0.25, 0.3) is 0 Å². The van der Waals surface area contributed by atoms with Gasteiger partial charge in [-0.1, -0.05) is 35.9 Å². The Balaban J connectivity index is 1.45. The monoisotopic (exact) mass is 358 g/mol. The summed E-state index contributed by atoms with van der Waals surface area (Å²) in [6, 6.07) is 12.0. The molecule has 1 aromatic heterocycles. The molecule has 1 fully saturated rings. The number of amides is 1. The number of hydrogen-bond acceptors (Lipinski definition) is 4. The Morgan fingerprint density at radius 1 is 1.12 bits per heavy atom. The van der Waals surface area contributed by atoms with Crippen LogP contribution < -0.4 is 5.32 Å². The first-order chi connectivity index (χ1) is 12.1. The highest BCUT2D eigenvalue weighted by molar-refractivity contribution is 6.32. The second kappa shape index (κ2) is 8.43. The number of piperazine rings is 1. The molecule has 1 aliphatic heterocycles. The molecule has 6 heteroatoms. The van der Waals surface area contributed by atoms with E-state index in [1.54, 1.807) is 18.3 Å². The lowest BCUT2D eigenvalue weighted by Gasteiger charge is -2.34. The lowest BCUT2D eigenvalue weighted by molar-refractivity contribution is -0.117. The minimum absolute atomic E-state index is 0.0535. The molecule has 1 aromatic carbocycles. The van der Waals surface area contributed by atoms with Crippen LogP contribution in [0.4, 0.5) is 5.69 Å². The zero-order valence-electron chi connectivity index (χ0n) is 14.4. The van der Waals surface area contributed by atoms with Crippen LogP contribution in [-0.4, -0.2) is 53.4 Å². The van der Waals surface area contributed by atoms with Gasteiger partial charge in [0.15, 0.2) is 5.15 Å². The number of nitrogens with zero attached hydrogens (tertiary/aromatic N) is 3. The third kappa shape index (κ3) is 5.01. The molecule has 3 rings (SSSR count). The molecule has 1 amide bonds. The summed E-state index contributed by atoms with van der Waals surface area (Å²) in [5.41, 5.74) is 3.27. The highest BCUT2D eigenvalue weighted by atomic mass is 35.5. The van der Waals surface area contributed by atoms with E-state index in [1.165, 1.54) is 11.1 Å². The number of aromatic nitrogens is 1. The van der Waals surface area contributed by atoms with E-state index < -0.39 is 0 Å². The van der Waals surface area contributed by atoms with Gasteiger partial charge in [-0.05, 0) is 30.2 Å². The number of carbonyl (C=O) groups excluding carboxylic acids is 1. The van der Waals surface area contributed by atoms with Gasteiger partial charge in [-0.2, -0.15) is 0 Å². The first kappa shape index (κ1) is 17.9. The number of rotatable bonds is 5. The van der Waals surface area contributed by atoms with Crippen molar-refractivity contribution in [3.63, 3.8) is 0 Å². The Kier molecular flexibility index (Phi) is 6.02. The first-order valence-electron chi connectivity index (χ1n) is 8.51. The maximum atomic E-state index is 12.2. The molecule has 2 aromatic rings.